The SMILES string of the molecule is CN1CCN(c2ccnc3[nH]c(-c4n[nH]c5cnc(-c6cncc(NC(=O)CC7CCNCC7)c6)cc45)nc23)CC1. The minimum absolute atomic E-state index is 0.0193. The van der Waals surface area contributed by atoms with Crippen LogP contribution in [-0.4, -0.2) is 92.2 Å². The Kier molecular flexibility index (Phi) is 6.77. The summed E-state index contributed by atoms with van der Waals surface area (Å²) in [5.41, 5.74) is 6.36. The average Bonchev–Trinajstić information content (AvgIpc) is 3.62. The molecule has 210 valence electrons. The molecule has 0 radical (unpaired) electrons. The third kappa shape index (κ3) is 5.23. The van der Waals surface area contributed by atoms with E-state index in [1.165, 1.54) is 0 Å². The topological polar surface area (TPSA) is 144 Å². The summed E-state index contributed by atoms with van der Waals surface area (Å²) in [6.45, 7) is 5.87. The zero-order chi connectivity index (χ0) is 27.8. The summed E-state index contributed by atoms with van der Waals surface area (Å²) >= 11 is 0. The molecule has 0 unspecified atom stereocenters. The van der Waals surface area contributed by atoms with Crippen LogP contribution in [0.25, 0.3) is 44.8 Å². The van der Waals surface area contributed by atoms with E-state index >= 15 is 0 Å². The lowest BCUT2D eigenvalue weighted by Gasteiger charge is -2.33. The number of carbonyl (C=O) groups excluding carboxylic acids is 1. The van der Waals surface area contributed by atoms with Crippen LogP contribution in [0.15, 0.2) is 43.0 Å². The van der Waals surface area contributed by atoms with Gasteiger partial charge < -0.3 is 25.4 Å². The summed E-state index contributed by atoms with van der Waals surface area (Å²) in [5.74, 6) is 1.09. The van der Waals surface area contributed by atoms with E-state index in [-0.39, 0.29) is 5.91 Å². The van der Waals surface area contributed by atoms with Gasteiger partial charge in [0.25, 0.3) is 0 Å². The van der Waals surface area contributed by atoms with Gasteiger partial charge in [0, 0.05) is 55.9 Å². The number of aromatic amines is 2. The smallest absolute Gasteiger partial charge is 0.224 e. The van der Waals surface area contributed by atoms with Crippen molar-refractivity contribution >= 4 is 39.3 Å². The van der Waals surface area contributed by atoms with Crippen LogP contribution in [-0.2, 0) is 4.79 Å². The fraction of sp³-hybridized carbons (Fsp3) is 0.379. The van der Waals surface area contributed by atoms with Gasteiger partial charge in [-0.1, -0.05) is 0 Å². The Balaban J connectivity index is 1.16. The Labute approximate surface area is 237 Å². The summed E-state index contributed by atoms with van der Waals surface area (Å²) in [4.78, 5) is 39.3. The summed E-state index contributed by atoms with van der Waals surface area (Å²) in [7, 11) is 2.15. The Morgan fingerprint density at radius 1 is 1.07 bits per heavy atom. The van der Waals surface area contributed by atoms with Gasteiger partial charge in [-0.25, -0.2) is 9.97 Å². The van der Waals surface area contributed by atoms with E-state index in [0.717, 1.165) is 91.1 Å². The van der Waals surface area contributed by atoms with Crippen LogP contribution in [0.2, 0.25) is 0 Å². The van der Waals surface area contributed by atoms with Gasteiger partial charge in [-0.15, -0.1) is 0 Å². The van der Waals surface area contributed by atoms with Crippen molar-refractivity contribution in [2.45, 2.75) is 19.3 Å². The molecule has 0 spiro atoms. The normalized spacial score (nSPS) is 17.0. The number of pyridine rings is 3. The molecule has 0 atom stereocenters. The molecule has 2 aliphatic heterocycles. The number of nitrogens with one attached hydrogen (secondary N) is 4. The number of H-pyrrole nitrogens is 2. The van der Waals surface area contributed by atoms with Gasteiger partial charge in [0.15, 0.2) is 11.5 Å². The maximum atomic E-state index is 12.7. The molecular formula is C29H33N11O. The van der Waals surface area contributed by atoms with Gasteiger partial charge in [0.1, 0.15) is 11.2 Å². The number of piperazine rings is 1. The highest BCUT2D eigenvalue weighted by Crippen LogP contribution is 2.32. The molecule has 0 aliphatic carbocycles. The highest BCUT2D eigenvalue weighted by Gasteiger charge is 2.21. The van der Waals surface area contributed by atoms with Crippen molar-refractivity contribution in [3.05, 3.63) is 43.0 Å². The van der Waals surface area contributed by atoms with Crippen molar-refractivity contribution in [3.8, 4) is 22.8 Å². The first-order valence-corrected chi connectivity index (χ1v) is 14.2. The molecule has 41 heavy (non-hydrogen) atoms. The van der Waals surface area contributed by atoms with Crippen molar-refractivity contribution in [1.29, 1.82) is 0 Å². The number of amides is 1. The molecule has 2 fully saturated rings. The lowest BCUT2D eigenvalue weighted by molar-refractivity contribution is -0.117. The highest BCUT2D eigenvalue weighted by atomic mass is 16.1. The van der Waals surface area contributed by atoms with Gasteiger partial charge >= 0.3 is 0 Å². The maximum absolute atomic E-state index is 12.7. The number of hydrogen-bond acceptors (Lipinski definition) is 9. The third-order valence-electron chi connectivity index (χ3n) is 8.13. The van der Waals surface area contributed by atoms with Gasteiger partial charge in [0.05, 0.1) is 35.0 Å². The number of fused-ring (bicyclic) bond motifs is 2. The number of aromatic nitrogens is 7. The van der Waals surface area contributed by atoms with E-state index in [1.54, 1.807) is 18.6 Å². The number of anilines is 2. The second-order valence-corrected chi connectivity index (χ2v) is 11.0. The number of nitrogens with zero attached hydrogens (tertiary/aromatic N) is 7. The number of piperidine rings is 1. The summed E-state index contributed by atoms with van der Waals surface area (Å²) in [6.07, 6.45) is 9.60. The molecule has 1 amide bonds. The zero-order valence-electron chi connectivity index (χ0n) is 23.0. The molecular weight excluding hydrogens is 518 g/mol. The van der Waals surface area contributed by atoms with Gasteiger partial charge in [-0.05, 0) is 57.1 Å². The molecule has 7 rings (SSSR count). The van der Waals surface area contributed by atoms with E-state index in [0.29, 0.717) is 29.5 Å². The lowest BCUT2D eigenvalue weighted by atomic mass is 9.94. The number of carbonyl (C=O) groups is 1. The van der Waals surface area contributed by atoms with Crippen molar-refractivity contribution in [1.82, 2.24) is 45.3 Å². The van der Waals surface area contributed by atoms with Crippen LogP contribution in [0.1, 0.15) is 19.3 Å². The second kappa shape index (κ2) is 10.9. The fourth-order valence-corrected chi connectivity index (χ4v) is 5.78. The number of imidazole rings is 1. The van der Waals surface area contributed by atoms with Crippen LogP contribution in [0, 0.1) is 5.92 Å². The van der Waals surface area contributed by atoms with Crippen LogP contribution in [0.4, 0.5) is 11.4 Å². The van der Waals surface area contributed by atoms with E-state index < -0.39 is 0 Å². The van der Waals surface area contributed by atoms with E-state index in [9.17, 15) is 4.79 Å². The standard InChI is InChI=1S/C29H33N11O/c1-39-8-10-40(11-9-39)24-4-7-32-28-27(24)35-29(36-28)26-21-14-22(33-17-23(21)37-38-26)19-13-20(16-31-15-19)34-25(41)12-18-2-5-30-6-3-18/h4,7,13-18,30H,2-3,5-6,8-12H2,1H3,(H,34,41)(H,37,38)(H,32,35,36). The highest BCUT2D eigenvalue weighted by molar-refractivity contribution is 5.96. The molecule has 0 bridgehead atoms. The molecule has 2 aliphatic rings. The van der Waals surface area contributed by atoms with Crippen molar-refractivity contribution in [2.24, 2.45) is 5.92 Å². The lowest BCUT2D eigenvalue weighted by Crippen LogP contribution is -2.44. The minimum atomic E-state index is 0.0193. The molecule has 5 aromatic rings. The molecule has 7 heterocycles. The van der Waals surface area contributed by atoms with Gasteiger partial charge in [0.2, 0.25) is 5.91 Å². The molecule has 12 nitrogen and oxygen atoms in total. The predicted molar refractivity (Wildman–Crippen MR) is 159 cm³/mol. The van der Waals surface area contributed by atoms with Crippen LogP contribution >= 0.6 is 0 Å². The number of likely N-dealkylation sites (N-methyl/N-ethyl adjacent to an activating group) is 1. The van der Waals surface area contributed by atoms with Crippen LogP contribution in [0.5, 0.6) is 0 Å². The van der Waals surface area contributed by atoms with Crippen molar-refractivity contribution in [3.63, 3.8) is 0 Å². The Morgan fingerprint density at radius 3 is 2.78 bits per heavy atom. The van der Waals surface area contributed by atoms with E-state index in [2.05, 4.69) is 57.6 Å². The van der Waals surface area contributed by atoms with E-state index in [4.69, 9.17) is 4.98 Å². The van der Waals surface area contributed by atoms with Crippen LogP contribution < -0.4 is 15.5 Å². The van der Waals surface area contributed by atoms with Crippen molar-refractivity contribution < 1.29 is 4.79 Å². The molecule has 4 N–H and O–H groups in total. The van der Waals surface area contributed by atoms with Gasteiger partial charge in [-0.2, -0.15) is 5.10 Å². The van der Waals surface area contributed by atoms with Crippen molar-refractivity contribution in [2.75, 3.05) is 56.5 Å². The molecule has 5 aromatic heterocycles. The predicted octanol–water partition coefficient (Wildman–Crippen LogP) is 3.04. The number of rotatable bonds is 6. The summed E-state index contributed by atoms with van der Waals surface area (Å²) in [6, 6.07) is 5.93. The quantitative estimate of drug-likeness (QED) is 0.250. The Morgan fingerprint density at radius 2 is 1.93 bits per heavy atom. The Bertz CT molecular complexity index is 1700. The minimum Gasteiger partial charge on any atom is -0.367 e. The second-order valence-electron chi connectivity index (χ2n) is 11.0. The summed E-state index contributed by atoms with van der Waals surface area (Å²) < 4.78 is 0. The molecule has 0 saturated carbocycles. The molecule has 0 aromatic carbocycles. The zero-order valence-corrected chi connectivity index (χ0v) is 23.0. The monoisotopic (exact) mass is 551 g/mol. The molecule has 2 saturated heterocycles. The fourth-order valence-electron chi connectivity index (χ4n) is 5.78. The number of hydrogen-bond donors (Lipinski definition) is 4. The summed E-state index contributed by atoms with van der Waals surface area (Å²) in [5, 5.41) is 14.9. The third-order valence-corrected chi connectivity index (χ3v) is 8.13. The van der Waals surface area contributed by atoms with Gasteiger partial charge in [-0.3, -0.25) is 19.9 Å². The van der Waals surface area contributed by atoms with Crippen LogP contribution in [0.3, 0.4) is 0 Å². The average molecular weight is 552 g/mol. The first-order valence-electron chi connectivity index (χ1n) is 14.2. The maximum Gasteiger partial charge on any atom is 0.224 e. The largest absolute Gasteiger partial charge is 0.367 e. The van der Waals surface area contributed by atoms with E-state index in [1.807, 2.05) is 24.4 Å². The Hall–Kier alpha value is -4.42. The first kappa shape index (κ1) is 25.5. The first-order chi connectivity index (χ1) is 20.1. The molecule has 12 heteroatoms.